The maximum absolute atomic E-state index is 13.8. The quantitative estimate of drug-likeness (QED) is 0.140. The summed E-state index contributed by atoms with van der Waals surface area (Å²) in [5.74, 6) is -1.61. The molecule has 0 atom stereocenters. The number of amides is 6. The van der Waals surface area contributed by atoms with Gasteiger partial charge in [0.05, 0.1) is 13.1 Å². The summed E-state index contributed by atoms with van der Waals surface area (Å²) in [6.45, 7) is 29.1. The highest BCUT2D eigenvalue weighted by Crippen LogP contribution is 2.42. The molecule has 6 amide bonds. The summed E-state index contributed by atoms with van der Waals surface area (Å²) in [6.07, 6.45) is 0.821. The topological polar surface area (TPSA) is 174 Å². The lowest BCUT2D eigenvalue weighted by Gasteiger charge is -2.36. The van der Waals surface area contributed by atoms with Gasteiger partial charge in [-0.3, -0.25) is 38.8 Å². The second-order valence-electron chi connectivity index (χ2n) is 22.1. The van der Waals surface area contributed by atoms with E-state index in [0.717, 1.165) is 43.2 Å². The van der Waals surface area contributed by atoms with Crippen molar-refractivity contribution in [3.63, 3.8) is 0 Å². The van der Waals surface area contributed by atoms with Gasteiger partial charge >= 0.3 is 24.0 Å². The number of rotatable bonds is 14. The summed E-state index contributed by atoms with van der Waals surface area (Å²) in [7, 11) is 0. The van der Waals surface area contributed by atoms with Crippen LogP contribution in [0.25, 0.3) is 0 Å². The van der Waals surface area contributed by atoms with Crippen LogP contribution in [0.15, 0.2) is 24.3 Å². The van der Waals surface area contributed by atoms with E-state index < -0.39 is 46.9 Å². The number of carbonyl (C=O) groups excluding carboxylic acids is 6. The Labute approximate surface area is 374 Å². The third-order valence-electron chi connectivity index (χ3n) is 12.1. The normalized spacial score (nSPS) is 17.0. The predicted octanol–water partition coefficient (Wildman–Crippen LogP) is 7.98. The van der Waals surface area contributed by atoms with Crippen molar-refractivity contribution in [1.82, 2.24) is 19.6 Å². The van der Waals surface area contributed by atoms with Crippen LogP contribution in [-0.4, -0.2) is 110 Å². The van der Waals surface area contributed by atoms with Crippen molar-refractivity contribution in [2.45, 2.75) is 169 Å². The summed E-state index contributed by atoms with van der Waals surface area (Å²) in [5, 5.41) is 22.1. The number of aryl methyl sites for hydroxylation is 2. The van der Waals surface area contributed by atoms with Gasteiger partial charge in [0.15, 0.2) is 0 Å². The summed E-state index contributed by atoms with van der Waals surface area (Å²) in [5.41, 5.74) is 0.825. The van der Waals surface area contributed by atoms with Crippen molar-refractivity contribution in [2.75, 3.05) is 33.0 Å². The predicted molar refractivity (Wildman–Crippen MR) is 240 cm³/mol. The van der Waals surface area contributed by atoms with Crippen LogP contribution >= 0.6 is 0 Å². The van der Waals surface area contributed by atoms with Crippen LogP contribution in [0.1, 0.15) is 157 Å². The number of benzene rings is 2. The fourth-order valence-corrected chi connectivity index (χ4v) is 7.95. The summed E-state index contributed by atoms with van der Waals surface area (Å²) < 4.78 is 10.9. The number of esters is 2. The Morgan fingerprint density at radius 1 is 0.524 bits per heavy atom. The third-order valence-corrected chi connectivity index (χ3v) is 12.1. The fraction of sp³-hybridized carbons (Fsp3) is 0.633. The molecule has 14 heteroatoms. The molecule has 4 rings (SSSR count). The van der Waals surface area contributed by atoms with Crippen molar-refractivity contribution in [2.24, 2.45) is 0 Å². The van der Waals surface area contributed by atoms with Gasteiger partial charge < -0.3 is 19.7 Å². The van der Waals surface area contributed by atoms with Crippen LogP contribution in [0.2, 0.25) is 0 Å². The van der Waals surface area contributed by atoms with Gasteiger partial charge in [-0.2, -0.15) is 0 Å². The maximum Gasteiger partial charge on any atom is 0.329 e. The molecule has 0 bridgehead atoms. The molecule has 348 valence electrons. The molecule has 2 aromatic rings. The molecule has 0 aliphatic carbocycles. The molecule has 0 radical (unpaired) electrons. The van der Waals surface area contributed by atoms with Crippen LogP contribution in [0.5, 0.6) is 11.5 Å². The van der Waals surface area contributed by atoms with Crippen molar-refractivity contribution >= 4 is 35.8 Å². The largest absolute Gasteiger partial charge is 0.507 e. The molecule has 2 aliphatic rings. The molecule has 0 unspecified atom stereocenters. The zero-order valence-corrected chi connectivity index (χ0v) is 40.6. The van der Waals surface area contributed by atoms with E-state index in [1.165, 1.54) is 9.80 Å². The Balaban J connectivity index is 1.33. The van der Waals surface area contributed by atoms with Crippen LogP contribution in [0, 0.1) is 0 Å². The Morgan fingerprint density at radius 2 is 0.794 bits per heavy atom. The molecule has 2 aliphatic heterocycles. The van der Waals surface area contributed by atoms with E-state index in [1.807, 2.05) is 107 Å². The van der Waals surface area contributed by atoms with Crippen molar-refractivity contribution in [3.05, 3.63) is 57.6 Å². The first kappa shape index (κ1) is 50.5. The van der Waals surface area contributed by atoms with Gasteiger partial charge in [-0.15, -0.1) is 0 Å². The fourth-order valence-electron chi connectivity index (χ4n) is 7.95. The van der Waals surface area contributed by atoms with Crippen LogP contribution < -0.4 is 0 Å². The van der Waals surface area contributed by atoms with Crippen LogP contribution in [0.4, 0.5) is 9.59 Å². The molecule has 2 aromatic carbocycles. The highest BCUT2D eigenvalue weighted by Gasteiger charge is 2.57. The first-order valence-electron chi connectivity index (χ1n) is 21.9. The lowest BCUT2D eigenvalue weighted by atomic mass is 9.78. The lowest BCUT2D eigenvalue weighted by molar-refractivity contribution is -0.145. The summed E-state index contributed by atoms with van der Waals surface area (Å²) in [6, 6.07) is 6.26. The summed E-state index contributed by atoms with van der Waals surface area (Å²) >= 11 is 0. The highest BCUT2D eigenvalue weighted by molar-refractivity contribution is 6.08. The second kappa shape index (κ2) is 17.8. The number of aromatic hydroxyl groups is 2. The molecule has 0 spiro atoms. The van der Waals surface area contributed by atoms with E-state index in [-0.39, 0.29) is 79.0 Å². The SMILES string of the molecule is CC(C)(C)c1cc(CCC(=O)OCCN2C(=O)N(CN3C(=O)N(CCOC(=O)CCc4cc(C(C)(C)C)c(O)c(C(C)(C)C)c4)C(=O)C3(C)C)C(C)(C)C2=O)cc(C(C)(C)C)c1O. The first-order chi connectivity index (χ1) is 28.6. The lowest BCUT2D eigenvalue weighted by Crippen LogP contribution is -2.55. The number of phenolic OH excluding ortho intramolecular Hbond substituents is 2. The molecule has 0 aromatic heterocycles. The van der Waals surface area contributed by atoms with E-state index in [0.29, 0.717) is 12.8 Å². The summed E-state index contributed by atoms with van der Waals surface area (Å²) in [4.78, 5) is 84.9. The monoisotopic (exact) mass is 877 g/mol. The average molecular weight is 877 g/mol. The molecule has 2 fully saturated rings. The number of nitrogens with zero attached hydrogens (tertiary/aromatic N) is 4. The second-order valence-corrected chi connectivity index (χ2v) is 22.1. The number of hydrogen-bond donors (Lipinski definition) is 2. The van der Waals surface area contributed by atoms with E-state index in [4.69, 9.17) is 9.47 Å². The molecule has 2 saturated heterocycles. The van der Waals surface area contributed by atoms with E-state index >= 15 is 0 Å². The molecule has 0 saturated carbocycles. The highest BCUT2D eigenvalue weighted by atomic mass is 16.5. The Bertz CT molecular complexity index is 1910. The Morgan fingerprint density at radius 3 is 1.05 bits per heavy atom. The first-order valence-corrected chi connectivity index (χ1v) is 21.9. The van der Waals surface area contributed by atoms with Crippen molar-refractivity contribution in [1.29, 1.82) is 0 Å². The van der Waals surface area contributed by atoms with Crippen LogP contribution in [-0.2, 0) is 63.2 Å². The molecule has 2 N–H and O–H groups in total. The third kappa shape index (κ3) is 11.0. The van der Waals surface area contributed by atoms with E-state index in [1.54, 1.807) is 27.7 Å². The smallest absolute Gasteiger partial charge is 0.329 e. The van der Waals surface area contributed by atoms with E-state index in [9.17, 15) is 39.0 Å². The minimum atomic E-state index is -1.39. The van der Waals surface area contributed by atoms with Gasteiger partial charge in [0.25, 0.3) is 11.8 Å². The zero-order chi connectivity index (χ0) is 48.0. The number of ether oxygens (including phenoxy) is 2. The Hall–Kier alpha value is -5.14. The molecular formula is C49H72N4O10. The van der Waals surface area contributed by atoms with Gasteiger partial charge in [0.2, 0.25) is 0 Å². The van der Waals surface area contributed by atoms with Crippen molar-refractivity contribution in [3.8, 4) is 11.5 Å². The molecule has 2 heterocycles. The van der Waals surface area contributed by atoms with Gasteiger partial charge in [0.1, 0.15) is 42.5 Å². The van der Waals surface area contributed by atoms with Gasteiger partial charge in [-0.1, -0.05) is 107 Å². The van der Waals surface area contributed by atoms with Gasteiger partial charge in [0, 0.05) is 12.8 Å². The molecule has 14 nitrogen and oxygen atoms in total. The number of urea groups is 2. The number of hydrogen-bond acceptors (Lipinski definition) is 10. The zero-order valence-electron chi connectivity index (χ0n) is 40.6. The number of carbonyl (C=O) groups is 6. The maximum atomic E-state index is 13.8. The average Bonchev–Trinajstić information content (AvgIpc) is 3.40. The van der Waals surface area contributed by atoms with Crippen molar-refractivity contribution < 1.29 is 48.5 Å². The number of phenols is 2. The van der Waals surface area contributed by atoms with Crippen LogP contribution in [0.3, 0.4) is 0 Å². The standard InChI is InChI=1S/C49H72N4O10/c1-44(2,3)32-25-30(26-33(38(32)56)45(4,5)6)17-19-36(54)62-23-21-50-40(58)48(13,14)52(42(50)60)29-53-43(61)51(41(59)49(53,15)16)22-24-63-37(55)20-18-31-27-34(46(7,8)9)39(57)35(28-31)47(10,11)12/h25-28,56-57H,17-24,29H2,1-16H3. The minimum absolute atomic E-state index is 0.0456. The molecular weight excluding hydrogens is 805 g/mol. The van der Waals surface area contributed by atoms with Gasteiger partial charge in [-0.05, 0) is 95.6 Å². The Kier molecular flexibility index (Phi) is 14.3. The molecule has 63 heavy (non-hydrogen) atoms. The number of imide groups is 2. The van der Waals surface area contributed by atoms with Gasteiger partial charge in [-0.25, -0.2) is 9.59 Å². The minimum Gasteiger partial charge on any atom is -0.507 e. The van der Waals surface area contributed by atoms with E-state index in [2.05, 4.69) is 0 Å².